The maximum Gasteiger partial charge on any atom is 0.417 e. The molecule has 2 amide bonds. The number of phenols is 1. The lowest BCUT2D eigenvalue weighted by atomic mass is 9.95. The van der Waals surface area contributed by atoms with Gasteiger partial charge in [-0.2, -0.15) is 0 Å². The number of carbonyl (C=O) groups is 2. The number of nitrogens with zero attached hydrogens (tertiary/aromatic N) is 1. The van der Waals surface area contributed by atoms with Crippen LogP contribution in [0.25, 0.3) is 0 Å². The number of hydrogen-bond acceptors (Lipinski definition) is 4. The molecule has 2 rings (SSSR count). The van der Waals surface area contributed by atoms with Crippen molar-refractivity contribution in [3.63, 3.8) is 0 Å². The average Bonchev–Trinajstić information content (AvgIpc) is 2.40. The second-order valence-corrected chi connectivity index (χ2v) is 6.14. The first-order valence-corrected chi connectivity index (χ1v) is 6.90. The van der Waals surface area contributed by atoms with Gasteiger partial charge in [0.05, 0.1) is 11.1 Å². The number of carbonyl (C=O) groups excluding carboxylic acids is 2. The van der Waals surface area contributed by atoms with Crippen LogP contribution in [0.4, 0.5) is 18.0 Å². The molecule has 1 aliphatic rings. The van der Waals surface area contributed by atoms with E-state index in [2.05, 4.69) is 0 Å². The number of alkyl halides is 2. The Bertz CT molecular complexity index is 668. The molecule has 1 aromatic carbocycles. The molecular weight excluding hydrogens is 315 g/mol. The molecule has 1 heterocycles. The molecule has 23 heavy (non-hydrogen) atoms. The minimum absolute atomic E-state index is 0.180. The highest BCUT2D eigenvalue weighted by molar-refractivity contribution is 6.06. The van der Waals surface area contributed by atoms with Crippen molar-refractivity contribution in [2.75, 3.05) is 6.54 Å². The Morgan fingerprint density at radius 3 is 2.52 bits per heavy atom. The Labute approximate surface area is 130 Å². The third kappa shape index (κ3) is 3.25. The quantitative estimate of drug-likeness (QED) is 0.856. The predicted octanol–water partition coefficient (Wildman–Crippen LogP) is 3.40. The molecular formula is C15H16F3NO4. The number of aromatic hydroxyl groups is 1. The highest BCUT2D eigenvalue weighted by Crippen LogP contribution is 2.35. The summed E-state index contributed by atoms with van der Waals surface area (Å²) in [5, 5.41) is 9.81. The van der Waals surface area contributed by atoms with E-state index in [1.807, 2.05) is 0 Å². The first kappa shape index (κ1) is 17.1. The molecule has 0 spiro atoms. The van der Waals surface area contributed by atoms with E-state index in [1.165, 1.54) is 0 Å². The second kappa shape index (κ2) is 5.75. The monoisotopic (exact) mass is 331 g/mol. The van der Waals surface area contributed by atoms with E-state index in [0.29, 0.717) is 6.07 Å². The zero-order valence-corrected chi connectivity index (χ0v) is 12.8. The van der Waals surface area contributed by atoms with Gasteiger partial charge in [0.2, 0.25) is 0 Å². The largest absolute Gasteiger partial charge is 0.507 e. The molecule has 0 unspecified atom stereocenters. The van der Waals surface area contributed by atoms with Crippen molar-refractivity contribution in [1.82, 2.24) is 4.90 Å². The predicted molar refractivity (Wildman–Crippen MR) is 74.0 cm³/mol. The average molecular weight is 331 g/mol. The van der Waals surface area contributed by atoms with E-state index in [9.17, 15) is 27.9 Å². The smallest absolute Gasteiger partial charge is 0.417 e. The molecule has 0 saturated carbocycles. The fourth-order valence-corrected chi connectivity index (χ4v) is 2.30. The van der Waals surface area contributed by atoms with E-state index >= 15 is 0 Å². The first-order chi connectivity index (χ1) is 10.5. The molecule has 1 aliphatic heterocycles. The number of ether oxygens (including phenoxy) is 1. The summed E-state index contributed by atoms with van der Waals surface area (Å²) in [6.45, 7) is 4.61. The van der Waals surface area contributed by atoms with Crippen molar-refractivity contribution < 1.29 is 32.6 Å². The van der Waals surface area contributed by atoms with Gasteiger partial charge < -0.3 is 9.84 Å². The summed E-state index contributed by atoms with van der Waals surface area (Å²) in [6.07, 6.45) is -4.24. The number of rotatable bonds is 1. The van der Waals surface area contributed by atoms with Crippen molar-refractivity contribution in [2.45, 2.75) is 39.2 Å². The Kier molecular flexibility index (Phi) is 4.28. The van der Waals surface area contributed by atoms with E-state index in [1.54, 1.807) is 20.8 Å². The minimum atomic E-state index is -3.12. The van der Waals surface area contributed by atoms with Crippen LogP contribution in [0.2, 0.25) is 0 Å². The fraction of sp³-hybridized carbons (Fsp3) is 0.467. The summed E-state index contributed by atoms with van der Waals surface area (Å²) in [6, 6.07) is 0.509. The molecule has 0 aromatic heterocycles. The Morgan fingerprint density at radius 1 is 1.39 bits per heavy atom. The number of amides is 2. The summed E-state index contributed by atoms with van der Waals surface area (Å²) in [7, 11) is 0. The Balaban J connectivity index is 2.41. The normalized spacial score (nSPS) is 14.9. The standard InChI is InChI=1S/C15H16F3NO4/c1-15(2,3)23-14(22)19-5-4-7-10(13(19)21)9(20)6-8(11(7)16)12(17)18/h6,12,20H,4-5H2,1-3H3. The number of benzene rings is 1. The van der Waals surface area contributed by atoms with Crippen molar-refractivity contribution >= 4 is 12.0 Å². The number of halogens is 3. The van der Waals surface area contributed by atoms with Gasteiger partial charge in [-0.15, -0.1) is 0 Å². The third-order valence-electron chi connectivity index (χ3n) is 3.26. The lowest BCUT2D eigenvalue weighted by molar-refractivity contribution is 0.0231. The molecule has 0 atom stereocenters. The van der Waals surface area contributed by atoms with E-state index in [-0.39, 0.29) is 18.5 Å². The third-order valence-corrected chi connectivity index (χ3v) is 3.26. The van der Waals surface area contributed by atoms with Gasteiger partial charge >= 0.3 is 6.09 Å². The van der Waals surface area contributed by atoms with Gasteiger partial charge in [-0.1, -0.05) is 0 Å². The molecule has 5 nitrogen and oxygen atoms in total. The molecule has 8 heteroatoms. The maximum absolute atomic E-state index is 14.1. The first-order valence-electron chi connectivity index (χ1n) is 6.90. The number of imide groups is 1. The molecule has 126 valence electrons. The number of fused-ring (bicyclic) bond motifs is 1. The summed E-state index contributed by atoms with van der Waals surface area (Å²) < 4.78 is 44.6. The molecule has 0 bridgehead atoms. The van der Waals surface area contributed by atoms with Gasteiger partial charge in [0, 0.05) is 12.1 Å². The van der Waals surface area contributed by atoms with E-state index < -0.39 is 46.7 Å². The summed E-state index contributed by atoms with van der Waals surface area (Å²) >= 11 is 0. The van der Waals surface area contributed by atoms with Crippen LogP contribution in [-0.2, 0) is 11.2 Å². The highest BCUT2D eigenvalue weighted by Gasteiger charge is 2.37. The van der Waals surface area contributed by atoms with Crippen LogP contribution in [0.5, 0.6) is 5.75 Å². The highest BCUT2D eigenvalue weighted by atomic mass is 19.3. The van der Waals surface area contributed by atoms with E-state index in [0.717, 1.165) is 4.90 Å². The Morgan fingerprint density at radius 2 is 2.00 bits per heavy atom. The fourth-order valence-electron chi connectivity index (χ4n) is 2.30. The summed E-state index contributed by atoms with van der Waals surface area (Å²) in [5.41, 5.74) is -2.61. The van der Waals surface area contributed by atoms with Crippen LogP contribution in [0.3, 0.4) is 0 Å². The van der Waals surface area contributed by atoms with Crippen LogP contribution in [-0.4, -0.2) is 34.2 Å². The van der Waals surface area contributed by atoms with Crippen LogP contribution in [0.15, 0.2) is 6.07 Å². The van der Waals surface area contributed by atoms with Crippen molar-refractivity contribution in [3.05, 3.63) is 28.6 Å². The maximum atomic E-state index is 14.1. The van der Waals surface area contributed by atoms with Crippen LogP contribution < -0.4 is 0 Å². The van der Waals surface area contributed by atoms with Gasteiger partial charge in [0.15, 0.2) is 0 Å². The van der Waals surface area contributed by atoms with Gasteiger partial charge in [-0.05, 0) is 33.3 Å². The van der Waals surface area contributed by atoms with Crippen molar-refractivity contribution in [3.8, 4) is 5.75 Å². The minimum Gasteiger partial charge on any atom is -0.507 e. The van der Waals surface area contributed by atoms with Crippen LogP contribution in [0.1, 0.15) is 48.7 Å². The van der Waals surface area contributed by atoms with Crippen LogP contribution in [0, 0.1) is 5.82 Å². The topological polar surface area (TPSA) is 66.8 Å². The lowest BCUT2D eigenvalue weighted by Crippen LogP contribution is -2.45. The zero-order valence-electron chi connectivity index (χ0n) is 12.8. The second-order valence-electron chi connectivity index (χ2n) is 6.14. The van der Waals surface area contributed by atoms with Gasteiger partial charge in [-0.25, -0.2) is 22.9 Å². The van der Waals surface area contributed by atoms with Gasteiger partial charge in [0.25, 0.3) is 12.3 Å². The van der Waals surface area contributed by atoms with Gasteiger partial charge in [0.1, 0.15) is 17.2 Å². The molecule has 1 N–H and O–H groups in total. The molecule has 0 aliphatic carbocycles. The summed E-state index contributed by atoms with van der Waals surface area (Å²) in [5.74, 6) is -2.99. The van der Waals surface area contributed by atoms with Crippen LogP contribution >= 0.6 is 0 Å². The zero-order chi connectivity index (χ0) is 17.5. The lowest BCUT2D eigenvalue weighted by Gasteiger charge is -2.30. The van der Waals surface area contributed by atoms with Crippen molar-refractivity contribution in [2.24, 2.45) is 0 Å². The number of hydrogen-bond donors (Lipinski definition) is 1. The molecule has 0 fully saturated rings. The number of phenolic OH excluding ortho intramolecular Hbond substituents is 1. The van der Waals surface area contributed by atoms with Crippen molar-refractivity contribution in [1.29, 1.82) is 0 Å². The Hall–Kier alpha value is -2.25. The SMILES string of the molecule is CC(C)(C)OC(=O)N1CCc2c(F)c(C(F)F)cc(O)c2C1=O. The molecule has 0 saturated heterocycles. The summed E-state index contributed by atoms with van der Waals surface area (Å²) in [4.78, 5) is 25.0. The van der Waals surface area contributed by atoms with Gasteiger partial charge in [-0.3, -0.25) is 4.79 Å². The van der Waals surface area contributed by atoms with E-state index in [4.69, 9.17) is 4.74 Å². The molecule has 1 aromatic rings. The molecule has 0 radical (unpaired) electrons.